The SMILES string of the molecule is Cc1cc(C)nc(Nc2nc(CC(=O)Nc3ccc(Cl)cc3)cs2)n1. The molecule has 6 nitrogen and oxygen atoms in total. The average Bonchev–Trinajstić information content (AvgIpc) is 2.95. The van der Waals surface area contributed by atoms with Gasteiger partial charge >= 0.3 is 0 Å². The third kappa shape index (κ3) is 4.98. The second kappa shape index (κ2) is 7.58. The summed E-state index contributed by atoms with van der Waals surface area (Å²) in [6.07, 6.45) is 0.189. The van der Waals surface area contributed by atoms with Crippen molar-refractivity contribution >= 4 is 45.6 Å². The lowest BCUT2D eigenvalue weighted by molar-refractivity contribution is -0.115. The molecule has 3 aromatic rings. The van der Waals surface area contributed by atoms with Crippen molar-refractivity contribution in [1.29, 1.82) is 0 Å². The molecule has 0 aliphatic carbocycles. The van der Waals surface area contributed by atoms with Gasteiger partial charge < -0.3 is 10.6 Å². The minimum Gasteiger partial charge on any atom is -0.326 e. The molecule has 1 aromatic carbocycles. The Bertz CT molecular complexity index is 874. The number of carbonyl (C=O) groups is 1. The van der Waals surface area contributed by atoms with E-state index in [2.05, 4.69) is 25.6 Å². The third-order valence-electron chi connectivity index (χ3n) is 3.22. The van der Waals surface area contributed by atoms with Gasteiger partial charge in [-0.05, 0) is 44.2 Å². The molecule has 3 rings (SSSR count). The molecule has 0 aliphatic heterocycles. The zero-order valence-electron chi connectivity index (χ0n) is 13.7. The fourth-order valence-corrected chi connectivity index (χ4v) is 3.06. The van der Waals surface area contributed by atoms with Gasteiger partial charge in [0, 0.05) is 27.5 Å². The van der Waals surface area contributed by atoms with Crippen LogP contribution in [-0.4, -0.2) is 20.9 Å². The first-order chi connectivity index (χ1) is 12.0. The lowest BCUT2D eigenvalue weighted by Gasteiger charge is -2.04. The molecule has 0 radical (unpaired) electrons. The van der Waals surface area contributed by atoms with Crippen molar-refractivity contribution in [3.05, 3.63) is 57.8 Å². The molecule has 1 amide bonds. The van der Waals surface area contributed by atoms with Crippen molar-refractivity contribution in [2.24, 2.45) is 0 Å². The fraction of sp³-hybridized carbons (Fsp3) is 0.176. The lowest BCUT2D eigenvalue weighted by atomic mass is 10.3. The van der Waals surface area contributed by atoms with Crippen molar-refractivity contribution in [3.63, 3.8) is 0 Å². The Morgan fingerprint density at radius 1 is 1.12 bits per heavy atom. The molecular formula is C17H16ClN5OS. The second-order valence-electron chi connectivity index (χ2n) is 5.48. The van der Waals surface area contributed by atoms with Crippen molar-refractivity contribution in [1.82, 2.24) is 15.0 Å². The average molecular weight is 374 g/mol. The minimum absolute atomic E-state index is 0.137. The highest BCUT2D eigenvalue weighted by Gasteiger charge is 2.09. The van der Waals surface area contributed by atoms with Gasteiger partial charge in [-0.1, -0.05) is 11.6 Å². The topological polar surface area (TPSA) is 79.8 Å². The van der Waals surface area contributed by atoms with Gasteiger partial charge in [-0.25, -0.2) is 15.0 Å². The first kappa shape index (κ1) is 17.3. The second-order valence-corrected chi connectivity index (χ2v) is 6.77. The number of hydrogen-bond acceptors (Lipinski definition) is 6. The molecule has 0 spiro atoms. The summed E-state index contributed by atoms with van der Waals surface area (Å²) in [5.41, 5.74) is 3.15. The number of nitrogens with zero attached hydrogens (tertiary/aromatic N) is 3. The van der Waals surface area contributed by atoms with Gasteiger partial charge in [0.1, 0.15) is 0 Å². The Morgan fingerprint density at radius 2 is 1.80 bits per heavy atom. The van der Waals surface area contributed by atoms with Crippen LogP contribution in [0.15, 0.2) is 35.7 Å². The van der Waals surface area contributed by atoms with E-state index in [1.165, 1.54) is 11.3 Å². The lowest BCUT2D eigenvalue weighted by Crippen LogP contribution is -2.14. The summed E-state index contributed by atoms with van der Waals surface area (Å²) >= 11 is 7.23. The zero-order valence-corrected chi connectivity index (χ0v) is 15.3. The minimum atomic E-state index is -0.137. The summed E-state index contributed by atoms with van der Waals surface area (Å²) in [5.74, 6) is 0.367. The quantitative estimate of drug-likeness (QED) is 0.703. The Morgan fingerprint density at radius 3 is 2.48 bits per heavy atom. The maximum atomic E-state index is 12.1. The smallest absolute Gasteiger partial charge is 0.230 e. The Balaban J connectivity index is 1.61. The van der Waals surface area contributed by atoms with Gasteiger partial charge in [0.2, 0.25) is 11.9 Å². The van der Waals surface area contributed by atoms with Gasteiger partial charge in [-0.2, -0.15) is 0 Å². The van der Waals surface area contributed by atoms with E-state index in [9.17, 15) is 4.79 Å². The van der Waals surface area contributed by atoms with Crippen LogP contribution in [0.25, 0.3) is 0 Å². The van der Waals surface area contributed by atoms with E-state index >= 15 is 0 Å². The van der Waals surface area contributed by atoms with E-state index < -0.39 is 0 Å². The normalized spacial score (nSPS) is 10.5. The molecule has 0 bridgehead atoms. The van der Waals surface area contributed by atoms with E-state index in [0.717, 1.165) is 11.4 Å². The van der Waals surface area contributed by atoms with E-state index in [-0.39, 0.29) is 12.3 Å². The van der Waals surface area contributed by atoms with Gasteiger partial charge in [0.25, 0.3) is 0 Å². The summed E-state index contributed by atoms with van der Waals surface area (Å²) in [6.45, 7) is 3.82. The summed E-state index contributed by atoms with van der Waals surface area (Å²) in [6, 6.07) is 8.87. The molecule has 0 saturated carbocycles. The van der Waals surface area contributed by atoms with Crippen LogP contribution < -0.4 is 10.6 Å². The monoisotopic (exact) mass is 373 g/mol. The molecule has 2 aromatic heterocycles. The van der Waals surface area contributed by atoms with E-state index in [0.29, 0.717) is 27.5 Å². The third-order valence-corrected chi connectivity index (χ3v) is 4.28. The largest absolute Gasteiger partial charge is 0.326 e. The molecule has 128 valence electrons. The highest BCUT2D eigenvalue weighted by molar-refractivity contribution is 7.13. The Kier molecular flexibility index (Phi) is 5.25. The number of benzene rings is 1. The number of amides is 1. The molecule has 2 heterocycles. The van der Waals surface area contributed by atoms with Crippen molar-refractivity contribution in [2.45, 2.75) is 20.3 Å². The zero-order chi connectivity index (χ0) is 17.8. The van der Waals surface area contributed by atoms with E-state index in [1.54, 1.807) is 24.3 Å². The van der Waals surface area contributed by atoms with Crippen molar-refractivity contribution < 1.29 is 4.79 Å². The molecule has 0 atom stereocenters. The van der Waals surface area contributed by atoms with Crippen LogP contribution in [0.3, 0.4) is 0 Å². The van der Waals surface area contributed by atoms with Gasteiger partial charge in [0.15, 0.2) is 5.13 Å². The number of anilines is 3. The number of hydrogen-bond donors (Lipinski definition) is 2. The maximum Gasteiger partial charge on any atom is 0.230 e. The summed E-state index contributed by atoms with van der Waals surface area (Å²) in [4.78, 5) is 25.1. The van der Waals surface area contributed by atoms with Crippen LogP contribution in [0, 0.1) is 13.8 Å². The van der Waals surface area contributed by atoms with E-state index in [1.807, 2.05) is 25.3 Å². The number of rotatable bonds is 5. The number of nitrogens with one attached hydrogen (secondary N) is 2. The van der Waals surface area contributed by atoms with Crippen molar-refractivity contribution in [3.8, 4) is 0 Å². The number of carbonyl (C=O) groups excluding carboxylic acids is 1. The predicted octanol–water partition coefficient (Wildman–Crippen LogP) is 4.13. The molecule has 8 heteroatoms. The molecule has 25 heavy (non-hydrogen) atoms. The standard InChI is InChI=1S/C17H16ClN5OS/c1-10-7-11(2)20-16(19-10)23-17-22-14(9-25-17)8-15(24)21-13-5-3-12(18)4-6-13/h3-7,9H,8H2,1-2H3,(H,21,24)(H,19,20,22,23). The Hall–Kier alpha value is -2.51. The fourth-order valence-electron chi connectivity index (χ4n) is 2.23. The number of aryl methyl sites for hydroxylation is 2. The van der Waals surface area contributed by atoms with Crippen LogP contribution in [0.5, 0.6) is 0 Å². The van der Waals surface area contributed by atoms with Crippen LogP contribution in [0.1, 0.15) is 17.1 Å². The number of halogens is 1. The molecule has 0 saturated heterocycles. The first-order valence-corrected chi connectivity index (χ1v) is 8.83. The molecule has 0 aliphatic rings. The van der Waals surface area contributed by atoms with E-state index in [4.69, 9.17) is 11.6 Å². The number of aromatic nitrogens is 3. The van der Waals surface area contributed by atoms with Gasteiger partial charge in [0.05, 0.1) is 12.1 Å². The summed E-state index contributed by atoms with van der Waals surface area (Å²) in [5, 5.41) is 9.01. The van der Waals surface area contributed by atoms with Crippen LogP contribution in [-0.2, 0) is 11.2 Å². The highest BCUT2D eigenvalue weighted by Crippen LogP contribution is 2.20. The molecule has 2 N–H and O–H groups in total. The Labute approximate surface area is 154 Å². The number of thiazole rings is 1. The predicted molar refractivity (Wildman–Crippen MR) is 101 cm³/mol. The van der Waals surface area contributed by atoms with Crippen LogP contribution in [0.2, 0.25) is 5.02 Å². The summed E-state index contributed by atoms with van der Waals surface area (Å²) in [7, 11) is 0. The molecular weight excluding hydrogens is 358 g/mol. The summed E-state index contributed by atoms with van der Waals surface area (Å²) < 4.78 is 0. The maximum absolute atomic E-state index is 12.1. The molecule has 0 fully saturated rings. The van der Waals surface area contributed by atoms with Crippen molar-refractivity contribution in [2.75, 3.05) is 10.6 Å². The van der Waals surface area contributed by atoms with Crippen LogP contribution in [0.4, 0.5) is 16.8 Å². The van der Waals surface area contributed by atoms with Gasteiger partial charge in [-0.15, -0.1) is 11.3 Å². The highest BCUT2D eigenvalue weighted by atomic mass is 35.5. The van der Waals surface area contributed by atoms with Gasteiger partial charge in [-0.3, -0.25) is 4.79 Å². The first-order valence-electron chi connectivity index (χ1n) is 7.57. The molecule has 0 unspecified atom stereocenters. The van der Waals surface area contributed by atoms with Crippen LogP contribution >= 0.6 is 22.9 Å².